The Morgan fingerprint density at radius 2 is 2.38 bits per heavy atom. The Hall–Kier alpha value is -1.70. The van der Waals surface area contributed by atoms with Gasteiger partial charge in [0.05, 0.1) is 6.33 Å². The second-order valence-corrected chi connectivity index (χ2v) is 3.49. The topological polar surface area (TPSA) is 116 Å². The number of hydrogen-bond acceptors (Lipinski definition) is 6. The van der Waals surface area contributed by atoms with Crippen molar-refractivity contribution in [1.29, 1.82) is 0 Å². The van der Waals surface area contributed by atoms with Crippen LogP contribution in [0, 0.1) is 6.08 Å². The molecule has 2 heterocycles. The molecule has 0 bridgehead atoms. The average Bonchev–Trinajstić information content (AvgIpc) is 2.58. The van der Waals surface area contributed by atoms with Gasteiger partial charge in [0.15, 0.2) is 23.7 Å². The Morgan fingerprint density at radius 1 is 1.62 bits per heavy atom. The Bertz CT molecular complexity index is 558. The quantitative estimate of drug-likeness (QED) is 0.585. The first kappa shape index (κ1) is 10.8. The van der Waals surface area contributed by atoms with E-state index in [2.05, 4.69) is 19.5 Å². The molecule has 10 heteroatoms. The zero-order valence-electron chi connectivity index (χ0n) is 7.74. The smallest absolute Gasteiger partial charge is 0.382 e. The third kappa shape index (κ3) is 1.96. The minimum Gasteiger partial charge on any atom is -0.382 e. The van der Waals surface area contributed by atoms with Crippen molar-refractivity contribution in [3.8, 4) is 0 Å². The van der Waals surface area contributed by atoms with Crippen LogP contribution in [0.5, 0.6) is 0 Å². The van der Waals surface area contributed by atoms with Crippen LogP contribution < -0.4 is 5.73 Å². The highest BCUT2D eigenvalue weighted by Crippen LogP contribution is 2.19. The average molecular weight is 246 g/mol. The number of nitrogen functional groups attached to an aromatic ring is 1. The summed E-state index contributed by atoms with van der Waals surface area (Å²) in [6.07, 6.45) is 0.258. The molecule has 1 atom stereocenters. The van der Waals surface area contributed by atoms with E-state index < -0.39 is 14.3 Å². The summed E-state index contributed by atoms with van der Waals surface area (Å²) < 4.78 is 28.9. The summed E-state index contributed by atoms with van der Waals surface area (Å²) in [6, 6.07) is 0. The van der Waals surface area contributed by atoms with Crippen molar-refractivity contribution in [2.45, 2.75) is 6.73 Å². The van der Waals surface area contributed by atoms with Crippen molar-refractivity contribution < 1.29 is 18.4 Å². The van der Waals surface area contributed by atoms with Gasteiger partial charge >= 0.3 is 14.3 Å². The first-order valence-electron chi connectivity index (χ1n) is 4.01. The number of imidazole rings is 1. The molecule has 8 nitrogen and oxygen atoms in total. The molecule has 0 saturated carbocycles. The van der Waals surface area contributed by atoms with Gasteiger partial charge in [0, 0.05) is 4.57 Å². The summed E-state index contributed by atoms with van der Waals surface area (Å²) >= 11 is 0. The molecule has 2 rings (SSSR count). The molecular weight excluding hydrogens is 240 g/mol. The Balaban J connectivity index is 2.43. The van der Waals surface area contributed by atoms with E-state index in [1.807, 2.05) is 0 Å². The highest BCUT2D eigenvalue weighted by Gasteiger charge is 2.16. The van der Waals surface area contributed by atoms with Crippen LogP contribution in [0.1, 0.15) is 0 Å². The van der Waals surface area contributed by atoms with E-state index in [9.17, 15) is 8.96 Å². The van der Waals surface area contributed by atoms with Gasteiger partial charge in [-0.2, -0.15) is 14.4 Å². The van der Waals surface area contributed by atoms with Gasteiger partial charge in [-0.15, -0.1) is 4.89 Å². The predicted octanol–water partition coefficient (Wildman–Crippen LogP) is 0.171. The second kappa shape index (κ2) is 4.05. The summed E-state index contributed by atoms with van der Waals surface area (Å²) in [5.41, 5.74) is 5.72. The third-order valence-corrected chi connectivity index (χ3v) is 2.11. The molecule has 16 heavy (non-hydrogen) atoms. The van der Waals surface area contributed by atoms with E-state index >= 15 is 0 Å². The number of rotatable bonds is 3. The van der Waals surface area contributed by atoms with Gasteiger partial charge < -0.3 is 5.73 Å². The predicted molar refractivity (Wildman–Crippen MR) is 50.6 cm³/mol. The van der Waals surface area contributed by atoms with Crippen LogP contribution in [0.25, 0.3) is 11.2 Å². The van der Waals surface area contributed by atoms with E-state index in [1.54, 1.807) is 0 Å². The standard InChI is InChI=1S/C6H5FN5O3P/c7-6-10-4(8)3-5(11-6)12(1-9-3)2-15-16(13)14/h1H,2H2,(H2-,8,10,11,13,14)/p+1. The van der Waals surface area contributed by atoms with Crippen molar-refractivity contribution in [2.24, 2.45) is 0 Å². The minimum atomic E-state index is -2.74. The molecule has 0 spiro atoms. The lowest BCUT2D eigenvalue weighted by atomic mass is 10.5. The molecule has 3 N–H and O–H groups in total. The Kier molecular flexibility index (Phi) is 2.73. The van der Waals surface area contributed by atoms with Crippen LogP contribution >= 0.6 is 8.25 Å². The van der Waals surface area contributed by atoms with Crippen molar-refractivity contribution in [2.75, 3.05) is 5.73 Å². The van der Waals surface area contributed by atoms with Gasteiger partial charge in [0.1, 0.15) is 0 Å². The molecule has 2 aromatic rings. The molecule has 1 unspecified atom stereocenters. The molecular formula is C6H6FN5O3P+. The summed E-state index contributed by atoms with van der Waals surface area (Å²) in [5, 5.41) is 0. The maximum absolute atomic E-state index is 12.9. The number of anilines is 1. The van der Waals surface area contributed by atoms with E-state index in [0.717, 1.165) is 0 Å². The summed E-state index contributed by atoms with van der Waals surface area (Å²) in [6.45, 7) is -0.280. The van der Waals surface area contributed by atoms with Crippen LogP contribution in [0.15, 0.2) is 6.33 Å². The molecule has 0 aliphatic heterocycles. The molecule has 0 saturated heterocycles. The van der Waals surface area contributed by atoms with Crippen LogP contribution in [0.3, 0.4) is 0 Å². The van der Waals surface area contributed by atoms with Crippen LogP contribution in [-0.2, 0) is 15.8 Å². The Morgan fingerprint density at radius 3 is 3.06 bits per heavy atom. The minimum absolute atomic E-state index is 0.0989. The van der Waals surface area contributed by atoms with E-state index in [-0.39, 0.29) is 23.7 Å². The highest BCUT2D eigenvalue weighted by molar-refractivity contribution is 7.32. The maximum Gasteiger partial charge on any atom is 0.696 e. The first-order chi connectivity index (χ1) is 7.58. The SMILES string of the molecule is Nc1nc(F)nc2c1ncn2CO[P+](=O)O. The van der Waals surface area contributed by atoms with Gasteiger partial charge in [0.2, 0.25) is 0 Å². The summed E-state index contributed by atoms with van der Waals surface area (Å²) in [4.78, 5) is 19.0. The van der Waals surface area contributed by atoms with Crippen LogP contribution in [-0.4, -0.2) is 24.4 Å². The summed E-state index contributed by atoms with van der Waals surface area (Å²) in [7, 11) is -2.74. The molecule has 0 aromatic carbocycles. The summed E-state index contributed by atoms with van der Waals surface area (Å²) in [5.74, 6) is -0.102. The third-order valence-electron chi connectivity index (χ3n) is 1.77. The van der Waals surface area contributed by atoms with E-state index in [4.69, 9.17) is 10.6 Å². The number of fused-ring (bicyclic) bond motifs is 1. The van der Waals surface area contributed by atoms with Crippen molar-refractivity contribution in [1.82, 2.24) is 19.5 Å². The maximum atomic E-state index is 12.9. The lowest BCUT2D eigenvalue weighted by molar-refractivity contribution is 0.221. The number of nitrogens with zero attached hydrogens (tertiary/aromatic N) is 4. The molecule has 0 radical (unpaired) electrons. The van der Waals surface area contributed by atoms with Gasteiger partial charge in [-0.3, -0.25) is 4.57 Å². The van der Waals surface area contributed by atoms with Crippen molar-refractivity contribution in [3.63, 3.8) is 0 Å². The molecule has 0 aliphatic rings. The number of nitrogens with two attached hydrogens (primary N) is 1. The largest absolute Gasteiger partial charge is 0.696 e. The van der Waals surface area contributed by atoms with Crippen molar-refractivity contribution >= 4 is 25.2 Å². The molecule has 84 valence electrons. The number of hydrogen-bond donors (Lipinski definition) is 2. The monoisotopic (exact) mass is 246 g/mol. The van der Waals surface area contributed by atoms with Crippen LogP contribution in [0.4, 0.5) is 10.2 Å². The fraction of sp³-hybridized carbons (Fsp3) is 0.167. The number of aromatic nitrogens is 4. The van der Waals surface area contributed by atoms with Gasteiger partial charge in [-0.25, -0.2) is 4.98 Å². The molecule has 0 amide bonds. The van der Waals surface area contributed by atoms with Gasteiger partial charge in [-0.05, 0) is 0 Å². The number of halogens is 1. The first-order valence-corrected chi connectivity index (χ1v) is 5.14. The van der Waals surface area contributed by atoms with E-state index in [0.29, 0.717) is 0 Å². The van der Waals surface area contributed by atoms with E-state index in [1.165, 1.54) is 10.9 Å². The lowest BCUT2D eigenvalue weighted by Crippen LogP contribution is -2.02. The second-order valence-electron chi connectivity index (χ2n) is 2.76. The zero-order valence-corrected chi connectivity index (χ0v) is 8.63. The molecule has 2 aromatic heterocycles. The molecule has 0 fully saturated rings. The van der Waals surface area contributed by atoms with Crippen LogP contribution in [0.2, 0.25) is 0 Å². The lowest BCUT2D eigenvalue weighted by Gasteiger charge is -1.98. The molecule has 0 aliphatic carbocycles. The Labute approximate surface area is 88.8 Å². The zero-order chi connectivity index (χ0) is 11.7. The normalized spacial score (nSPS) is 12.0. The fourth-order valence-corrected chi connectivity index (χ4v) is 1.37. The van der Waals surface area contributed by atoms with Gasteiger partial charge in [0.25, 0.3) is 0 Å². The van der Waals surface area contributed by atoms with Gasteiger partial charge in [-0.1, -0.05) is 4.52 Å². The fourth-order valence-electron chi connectivity index (χ4n) is 1.14. The van der Waals surface area contributed by atoms with Crippen molar-refractivity contribution in [3.05, 3.63) is 12.4 Å². The highest BCUT2D eigenvalue weighted by atomic mass is 31.1.